The zero-order chi connectivity index (χ0) is 26.5. The quantitative estimate of drug-likeness (QED) is 0.223. The zero-order valence-corrected chi connectivity index (χ0v) is 21.6. The standard InChI is InChI=1S/C37H23N3/c1-2-9-24(10-3-1)32-23-34(40-33-18-17-25-11-4-5-15-29(25)35(32)33)27-13-6-12-26(21-27)31-22-28-14-7-19-38-36(28)37-30(31)16-8-20-39-37/h1-23H. The van der Waals surface area contributed by atoms with Gasteiger partial charge in [0.1, 0.15) is 0 Å². The fourth-order valence-corrected chi connectivity index (χ4v) is 5.86. The highest BCUT2D eigenvalue weighted by molar-refractivity contribution is 6.14. The van der Waals surface area contributed by atoms with Crippen molar-refractivity contribution < 1.29 is 0 Å². The number of benzene rings is 5. The van der Waals surface area contributed by atoms with E-state index in [0.29, 0.717) is 0 Å². The van der Waals surface area contributed by atoms with Gasteiger partial charge in [-0.25, -0.2) is 4.98 Å². The SMILES string of the molecule is c1ccc(-c2cc(-c3cccc(-c4cc5cccnc5c5ncccc45)c3)nc3ccc4ccccc4c23)cc1. The molecule has 0 aliphatic heterocycles. The van der Waals surface area contributed by atoms with Gasteiger partial charge in [0.2, 0.25) is 0 Å². The molecular formula is C37H23N3. The Hall–Kier alpha value is -5.41. The number of fused-ring (bicyclic) bond motifs is 6. The average Bonchev–Trinajstić information content (AvgIpc) is 3.04. The van der Waals surface area contributed by atoms with Crippen LogP contribution in [-0.4, -0.2) is 15.0 Å². The zero-order valence-electron chi connectivity index (χ0n) is 21.6. The first-order chi connectivity index (χ1) is 19.8. The number of hydrogen-bond acceptors (Lipinski definition) is 3. The van der Waals surface area contributed by atoms with Crippen LogP contribution >= 0.6 is 0 Å². The van der Waals surface area contributed by atoms with E-state index in [9.17, 15) is 0 Å². The second kappa shape index (κ2) is 9.11. The summed E-state index contributed by atoms with van der Waals surface area (Å²) in [6.07, 6.45) is 3.67. The number of aromatic nitrogens is 3. The van der Waals surface area contributed by atoms with E-state index in [2.05, 4.69) is 120 Å². The van der Waals surface area contributed by atoms with Crippen molar-refractivity contribution in [1.82, 2.24) is 15.0 Å². The molecule has 0 spiro atoms. The summed E-state index contributed by atoms with van der Waals surface area (Å²) in [5, 5.41) is 5.79. The molecule has 3 nitrogen and oxygen atoms in total. The second-order valence-electron chi connectivity index (χ2n) is 10.1. The number of nitrogens with zero attached hydrogens (tertiary/aromatic N) is 3. The molecule has 0 amide bonds. The van der Waals surface area contributed by atoms with E-state index in [1.54, 1.807) is 0 Å². The lowest BCUT2D eigenvalue weighted by molar-refractivity contribution is 1.37. The third-order valence-electron chi connectivity index (χ3n) is 7.71. The maximum atomic E-state index is 5.21. The average molecular weight is 510 g/mol. The van der Waals surface area contributed by atoms with Gasteiger partial charge in [0.25, 0.3) is 0 Å². The summed E-state index contributed by atoms with van der Waals surface area (Å²) in [5.74, 6) is 0. The molecule has 3 aromatic heterocycles. The molecule has 0 N–H and O–H groups in total. The molecule has 3 heteroatoms. The highest BCUT2D eigenvalue weighted by Crippen LogP contribution is 2.38. The van der Waals surface area contributed by atoms with E-state index in [4.69, 9.17) is 9.97 Å². The van der Waals surface area contributed by atoms with Crippen LogP contribution < -0.4 is 0 Å². The van der Waals surface area contributed by atoms with Crippen molar-refractivity contribution in [3.05, 3.63) is 140 Å². The summed E-state index contributed by atoms with van der Waals surface area (Å²) in [7, 11) is 0. The van der Waals surface area contributed by atoms with Crippen LogP contribution in [0, 0.1) is 0 Å². The molecule has 0 unspecified atom stereocenters. The first kappa shape index (κ1) is 22.6. The van der Waals surface area contributed by atoms with Gasteiger partial charge < -0.3 is 0 Å². The van der Waals surface area contributed by atoms with Crippen LogP contribution in [0.15, 0.2) is 140 Å². The summed E-state index contributed by atoms with van der Waals surface area (Å²) in [5.41, 5.74) is 9.51. The molecule has 0 aliphatic carbocycles. The molecule has 0 atom stereocenters. The van der Waals surface area contributed by atoms with E-state index in [1.165, 1.54) is 27.3 Å². The van der Waals surface area contributed by atoms with Gasteiger partial charge in [0, 0.05) is 34.1 Å². The number of pyridine rings is 3. The summed E-state index contributed by atoms with van der Waals surface area (Å²) >= 11 is 0. The predicted octanol–water partition coefficient (Wildman–Crippen LogP) is 9.49. The van der Waals surface area contributed by atoms with Crippen molar-refractivity contribution in [3.8, 4) is 33.5 Å². The van der Waals surface area contributed by atoms with Crippen LogP contribution in [0.3, 0.4) is 0 Å². The fraction of sp³-hybridized carbons (Fsp3) is 0. The van der Waals surface area contributed by atoms with E-state index in [1.807, 2.05) is 24.5 Å². The van der Waals surface area contributed by atoms with Gasteiger partial charge in [-0.15, -0.1) is 0 Å². The minimum absolute atomic E-state index is 0.920. The Morgan fingerprint density at radius 1 is 0.425 bits per heavy atom. The van der Waals surface area contributed by atoms with E-state index in [0.717, 1.165) is 49.7 Å². The molecule has 8 aromatic rings. The van der Waals surface area contributed by atoms with Gasteiger partial charge in [0.05, 0.1) is 22.2 Å². The van der Waals surface area contributed by atoms with Crippen LogP contribution in [0.5, 0.6) is 0 Å². The molecule has 8 rings (SSSR count). The Balaban J connectivity index is 1.37. The lowest BCUT2D eigenvalue weighted by atomic mass is 9.93. The highest BCUT2D eigenvalue weighted by atomic mass is 14.7. The highest BCUT2D eigenvalue weighted by Gasteiger charge is 2.15. The lowest BCUT2D eigenvalue weighted by Crippen LogP contribution is -1.92. The maximum absolute atomic E-state index is 5.21. The van der Waals surface area contributed by atoms with Crippen molar-refractivity contribution in [1.29, 1.82) is 0 Å². The van der Waals surface area contributed by atoms with Gasteiger partial charge in [-0.1, -0.05) is 91.0 Å². The summed E-state index contributed by atoms with van der Waals surface area (Å²) in [6, 6.07) is 44.8. The molecule has 0 radical (unpaired) electrons. The number of rotatable bonds is 3. The smallest absolute Gasteiger partial charge is 0.0970 e. The van der Waals surface area contributed by atoms with Crippen molar-refractivity contribution >= 4 is 43.5 Å². The monoisotopic (exact) mass is 509 g/mol. The molecule has 186 valence electrons. The molecule has 0 saturated heterocycles. The first-order valence-corrected chi connectivity index (χ1v) is 13.4. The van der Waals surface area contributed by atoms with Gasteiger partial charge >= 0.3 is 0 Å². The predicted molar refractivity (Wildman–Crippen MR) is 166 cm³/mol. The van der Waals surface area contributed by atoms with Gasteiger partial charge in [0.15, 0.2) is 0 Å². The summed E-state index contributed by atoms with van der Waals surface area (Å²) in [6.45, 7) is 0. The van der Waals surface area contributed by atoms with Crippen LogP contribution in [0.25, 0.3) is 77.0 Å². The van der Waals surface area contributed by atoms with Crippen molar-refractivity contribution in [2.24, 2.45) is 0 Å². The van der Waals surface area contributed by atoms with Gasteiger partial charge in [-0.2, -0.15) is 0 Å². The van der Waals surface area contributed by atoms with E-state index in [-0.39, 0.29) is 0 Å². The van der Waals surface area contributed by atoms with E-state index >= 15 is 0 Å². The van der Waals surface area contributed by atoms with Crippen molar-refractivity contribution in [3.63, 3.8) is 0 Å². The molecule has 0 bridgehead atoms. The minimum atomic E-state index is 0.920. The lowest BCUT2D eigenvalue weighted by Gasteiger charge is -2.14. The second-order valence-corrected chi connectivity index (χ2v) is 10.1. The Kier molecular flexibility index (Phi) is 5.14. The van der Waals surface area contributed by atoms with Crippen LogP contribution in [0.1, 0.15) is 0 Å². The van der Waals surface area contributed by atoms with Crippen LogP contribution in [-0.2, 0) is 0 Å². The van der Waals surface area contributed by atoms with Crippen LogP contribution in [0.2, 0.25) is 0 Å². The van der Waals surface area contributed by atoms with Crippen LogP contribution in [0.4, 0.5) is 0 Å². The third kappa shape index (κ3) is 3.63. The summed E-state index contributed by atoms with van der Waals surface area (Å²) in [4.78, 5) is 14.5. The topological polar surface area (TPSA) is 38.7 Å². The Labute approximate surface area is 231 Å². The normalized spacial score (nSPS) is 11.5. The Morgan fingerprint density at radius 3 is 2.08 bits per heavy atom. The fourth-order valence-electron chi connectivity index (χ4n) is 5.86. The van der Waals surface area contributed by atoms with Gasteiger partial charge in [-0.3, -0.25) is 9.97 Å². The first-order valence-electron chi connectivity index (χ1n) is 13.4. The maximum Gasteiger partial charge on any atom is 0.0970 e. The van der Waals surface area contributed by atoms with E-state index < -0.39 is 0 Å². The molecule has 0 aliphatic rings. The largest absolute Gasteiger partial charge is 0.254 e. The molecular weight excluding hydrogens is 486 g/mol. The summed E-state index contributed by atoms with van der Waals surface area (Å²) < 4.78 is 0. The number of hydrogen-bond donors (Lipinski definition) is 0. The van der Waals surface area contributed by atoms with Crippen molar-refractivity contribution in [2.45, 2.75) is 0 Å². The Bertz CT molecular complexity index is 2220. The van der Waals surface area contributed by atoms with Crippen molar-refractivity contribution in [2.75, 3.05) is 0 Å². The Morgan fingerprint density at radius 2 is 1.15 bits per heavy atom. The molecule has 3 heterocycles. The molecule has 0 fully saturated rings. The van der Waals surface area contributed by atoms with Gasteiger partial charge in [-0.05, 0) is 69.4 Å². The molecule has 40 heavy (non-hydrogen) atoms. The third-order valence-corrected chi connectivity index (χ3v) is 7.71. The molecule has 0 saturated carbocycles. The molecule has 5 aromatic carbocycles. The minimum Gasteiger partial charge on any atom is -0.254 e.